The Labute approximate surface area is 119 Å². The van der Waals surface area contributed by atoms with E-state index in [-0.39, 0.29) is 6.04 Å². The lowest BCUT2D eigenvalue weighted by atomic mass is 10.0. The number of likely N-dealkylation sites (N-methyl/N-ethyl adjacent to an activating group) is 1. The molecule has 110 valence electrons. The molecule has 0 spiro atoms. The van der Waals surface area contributed by atoms with Gasteiger partial charge in [0.1, 0.15) is 11.8 Å². The van der Waals surface area contributed by atoms with Crippen LogP contribution in [0.2, 0.25) is 0 Å². The Balaban J connectivity index is 2.28. The van der Waals surface area contributed by atoms with Crippen LogP contribution in [0, 0.1) is 0 Å². The van der Waals surface area contributed by atoms with Crippen LogP contribution in [0.15, 0.2) is 24.3 Å². The van der Waals surface area contributed by atoms with E-state index in [0.717, 1.165) is 25.2 Å². The fraction of sp³-hybridized carbons (Fsp3) is 0.533. The summed E-state index contributed by atoms with van der Waals surface area (Å²) in [6.45, 7) is 4.60. The highest BCUT2D eigenvalue weighted by Gasteiger charge is 2.33. The average Bonchev–Trinajstić information content (AvgIpc) is 2.41. The molecule has 2 rings (SSSR count). The average molecular weight is 278 g/mol. The summed E-state index contributed by atoms with van der Waals surface area (Å²) in [5.74, 6) is -0.120. The van der Waals surface area contributed by atoms with Crippen LogP contribution in [0.1, 0.15) is 18.5 Å². The summed E-state index contributed by atoms with van der Waals surface area (Å²) < 4.78 is 5.20. The molecule has 5 nitrogen and oxygen atoms in total. The van der Waals surface area contributed by atoms with Gasteiger partial charge in [0.25, 0.3) is 0 Å². The van der Waals surface area contributed by atoms with Gasteiger partial charge in [0, 0.05) is 25.7 Å². The predicted molar refractivity (Wildman–Crippen MR) is 77.0 cm³/mol. The summed E-state index contributed by atoms with van der Waals surface area (Å²) in [7, 11) is 3.66. The maximum absolute atomic E-state index is 11.7. The second-order valence-corrected chi connectivity index (χ2v) is 5.37. The molecule has 1 heterocycles. The summed E-state index contributed by atoms with van der Waals surface area (Å²) in [5.41, 5.74) is 0.772. The first kappa shape index (κ1) is 14.8. The zero-order valence-corrected chi connectivity index (χ0v) is 12.2. The number of hydrogen-bond acceptors (Lipinski definition) is 4. The molecule has 1 aliphatic rings. The zero-order chi connectivity index (χ0) is 14.7. The normalized spacial score (nSPS) is 22.4. The van der Waals surface area contributed by atoms with E-state index < -0.39 is 12.0 Å². The molecular weight excluding hydrogens is 256 g/mol. The number of carbonyl (C=O) groups is 1. The molecule has 1 aromatic rings. The lowest BCUT2D eigenvalue weighted by molar-refractivity contribution is -0.145. The standard InChI is InChI=1S/C15H22N2O3/c1-11-10-16(2)7-8-17(11)14(15(18)19)12-5-4-6-13(9-12)20-3/h4-6,9,11,14H,7-8,10H2,1-3H3,(H,18,19). The van der Waals surface area contributed by atoms with Crippen molar-refractivity contribution < 1.29 is 14.6 Å². The highest BCUT2D eigenvalue weighted by atomic mass is 16.5. The van der Waals surface area contributed by atoms with Crippen LogP contribution in [0.5, 0.6) is 5.75 Å². The Bertz CT molecular complexity index is 478. The summed E-state index contributed by atoms with van der Waals surface area (Å²) in [6, 6.07) is 6.92. The third kappa shape index (κ3) is 3.11. The Morgan fingerprint density at radius 3 is 2.80 bits per heavy atom. The molecule has 1 aliphatic heterocycles. The maximum atomic E-state index is 11.7. The lowest BCUT2D eigenvalue weighted by Crippen LogP contribution is -2.53. The number of carboxylic acids is 1. The monoisotopic (exact) mass is 278 g/mol. The van der Waals surface area contributed by atoms with E-state index in [2.05, 4.69) is 23.8 Å². The molecule has 1 fully saturated rings. The minimum atomic E-state index is -0.811. The summed E-state index contributed by atoms with van der Waals surface area (Å²) in [6.07, 6.45) is 0. The molecule has 5 heteroatoms. The van der Waals surface area contributed by atoms with Crippen LogP contribution in [0.25, 0.3) is 0 Å². The van der Waals surface area contributed by atoms with Crippen molar-refractivity contribution in [1.82, 2.24) is 9.80 Å². The highest BCUT2D eigenvalue weighted by molar-refractivity contribution is 5.75. The fourth-order valence-corrected chi connectivity index (χ4v) is 2.82. The smallest absolute Gasteiger partial charge is 0.325 e. The minimum absolute atomic E-state index is 0.209. The number of carboxylic acid groups (broad SMARTS) is 1. The number of benzene rings is 1. The van der Waals surface area contributed by atoms with Crippen LogP contribution in [0.4, 0.5) is 0 Å². The van der Waals surface area contributed by atoms with Crippen LogP contribution in [-0.4, -0.2) is 60.7 Å². The van der Waals surface area contributed by atoms with Gasteiger partial charge in [0.2, 0.25) is 0 Å². The van der Waals surface area contributed by atoms with Gasteiger partial charge in [0.05, 0.1) is 7.11 Å². The Kier molecular flexibility index (Phi) is 4.62. The molecular formula is C15H22N2O3. The quantitative estimate of drug-likeness (QED) is 0.903. The van der Waals surface area contributed by atoms with Gasteiger partial charge >= 0.3 is 5.97 Å². The van der Waals surface area contributed by atoms with Crippen LogP contribution >= 0.6 is 0 Å². The maximum Gasteiger partial charge on any atom is 0.325 e. The van der Waals surface area contributed by atoms with Crippen molar-refractivity contribution in [3.63, 3.8) is 0 Å². The van der Waals surface area contributed by atoms with E-state index in [0.29, 0.717) is 5.75 Å². The van der Waals surface area contributed by atoms with Crippen molar-refractivity contribution in [2.45, 2.75) is 19.0 Å². The largest absolute Gasteiger partial charge is 0.497 e. The lowest BCUT2D eigenvalue weighted by Gasteiger charge is -2.41. The van der Waals surface area contributed by atoms with Crippen molar-refractivity contribution in [2.24, 2.45) is 0 Å². The van der Waals surface area contributed by atoms with E-state index in [1.165, 1.54) is 0 Å². The molecule has 2 atom stereocenters. The first-order valence-electron chi connectivity index (χ1n) is 6.84. The number of rotatable bonds is 4. The molecule has 0 amide bonds. The number of methoxy groups -OCH3 is 1. The molecule has 1 saturated heterocycles. The van der Waals surface area contributed by atoms with E-state index in [1.54, 1.807) is 7.11 Å². The van der Waals surface area contributed by atoms with Crippen molar-refractivity contribution in [3.8, 4) is 5.75 Å². The third-order valence-electron chi connectivity index (χ3n) is 3.86. The molecule has 1 N–H and O–H groups in total. The highest BCUT2D eigenvalue weighted by Crippen LogP contribution is 2.27. The van der Waals surface area contributed by atoms with Crippen LogP contribution < -0.4 is 4.74 Å². The topological polar surface area (TPSA) is 53.0 Å². The van der Waals surface area contributed by atoms with E-state index in [1.807, 2.05) is 24.3 Å². The second-order valence-electron chi connectivity index (χ2n) is 5.37. The van der Waals surface area contributed by atoms with Gasteiger partial charge in [-0.05, 0) is 31.7 Å². The van der Waals surface area contributed by atoms with Gasteiger partial charge in [-0.2, -0.15) is 0 Å². The first-order valence-corrected chi connectivity index (χ1v) is 6.84. The molecule has 0 saturated carbocycles. The Morgan fingerprint density at radius 1 is 1.45 bits per heavy atom. The van der Waals surface area contributed by atoms with Gasteiger partial charge < -0.3 is 14.7 Å². The van der Waals surface area contributed by atoms with Gasteiger partial charge in [-0.3, -0.25) is 9.69 Å². The second kappa shape index (κ2) is 6.24. The molecule has 0 radical (unpaired) electrons. The predicted octanol–water partition coefficient (Wildman–Crippen LogP) is 1.46. The van der Waals surface area contributed by atoms with Crippen LogP contribution in [0.3, 0.4) is 0 Å². The number of ether oxygens (including phenoxy) is 1. The van der Waals surface area contributed by atoms with Crippen molar-refractivity contribution >= 4 is 5.97 Å². The van der Waals surface area contributed by atoms with Crippen LogP contribution in [-0.2, 0) is 4.79 Å². The van der Waals surface area contributed by atoms with Gasteiger partial charge in [-0.1, -0.05) is 12.1 Å². The van der Waals surface area contributed by atoms with Gasteiger partial charge in [-0.25, -0.2) is 0 Å². The van der Waals surface area contributed by atoms with E-state index in [9.17, 15) is 9.90 Å². The van der Waals surface area contributed by atoms with Gasteiger partial charge in [0.15, 0.2) is 0 Å². The number of nitrogens with zero attached hydrogens (tertiary/aromatic N) is 2. The molecule has 20 heavy (non-hydrogen) atoms. The summed E-state index contributed by atoms with van der Waals surface area (Å²) >= 11 is 0. The molecule has 1 aromatic carbocycles. The first-order chi connectivity index (χ1) is 9.52. The fourth-order valence-electron chi connectivity index (χ4n) is 2.82. The third-order valence-corrected chi connectivity index (χ3v) is 3.86. The number of hydrogen-bond donors (Lipinski definition) is 1. The summed E-state index contributed by atoms with van der Waals surface area (Å²) in [5, 5.41) is 9.63. The van der Waals surface area contributed by atoms with E-state index in [4.69, 9.17) is 4.74 Å². The summed E-state index contributed by atoms with van der Waals surface area (Å²) in [4.78, 5) is 16.0. The molecule has 2 unspecified atom stereocenters. The SMILES string of the molecule is COc1cccc(C(C(=O)O)N2CCN(C)CC2C)c1. The number of aliphatic carboxylic acids is 1. The Morgan fingerprint density at radius 2 is 2.20 bits per heavy atom. The number of piperazine rings is 1. The zero-order valence-electron chi connectivity index (χ0n) is 12.2. The van der Waals surface area contributed by atoms with Crippen molar-refractivity contribution in [1.29, 1.82) is 0 Å². The van der Waals surface area contributed by atoms with Crippen molar-refractivity contribution in [2.75, 3.05) is 33.8 Å². The molecule has 0 aliphatic carbocycles. The van der Waals surface area contributed by atoms with Crippen molar-refractivity contribution in [3.05, 3.63) is 29.8 Å². The minimum Gasteiger partial charge on any atom is -0.497 e. The van der Waals surface area contributed by atoms with Gasteiger partial charge in [-0.15, -0.1) is 0 Å². The van der Waals surface area contributed by atoms with E-state index >= 15 is 0 Å². The Hall–Kier alpha value is -1.59. The molecule has 0 aromatic heterocycles. The molecule has 0 bridgehead atoms.